The standard InChI is InChI=1S/C26H37F9O2/c1-12-2-5-22(36-11-12)14-7-17(28)23(18(29)8-14)13-3-4-16(27)24(19(30)6-13)26(34,35)37-15-9-20(31)25(33)21(32)10-15/h12-25H,2-11H2,1H3. The Morgan fingerprint density at radius 2 is 1.24 bits per heavy atom. The van der Waals surface area contributed by atoms with Gasteiger partial charge in [-0.25, -0.2) is 30.7 Å². The van der Waals surface area contributed by atoms with E-state index in [2.05, 4.69) is 4.74 Å². The lowest BCUT2D eigenvalue weighted by Crippen LogP contribution is -2.49. The van der Waals surface area contributed by atoms with Gasteiger partial charge in [-0.2, -0.15) is 8.78 Å². The Labute approximate surface area is 212 Å². The van der Waals surface area contributed by atoms with Crippen LogP contribution in [0.1, 0.15) is 64.7 Å². The van der Waals surface area contributed by atoms with Crippen molar-refractivity contribution in [3.63, 3.8) is 0 Å². The van der Waals surface area contributed by atoms with E-state index in [9.17, 15) is 26.3 Å². The molecule has 11 heteroatoms. The van der Waals surface area contributed by atoms with E-state index < -0.39 is 98.9 Å². The highest BCUT2D eigenvalue weighted by atomic mass is 19.3. The second-order valence-corrected chi connectivity index (χ2v) is 11.8. The number of hydrogen-bond acceptors (Lipinski definition) is 2. The Bertz CT molecular complexity index is 713. The highest BCUT2D eigenvalue weighted by molar-refractivity contribution is 4.98. The Kier molecular flexibility index (Phi) is 9.34. The normalized spacial score (nSPS) is 50.4. The average molecular weight is 553 g/mol. The van der Waals surface area contributed by atoms with Crippen molar-refractivity contribution in [1.82, 2.24) is 0 Å². The summed E-state index contributed by atoms with van der Waals surface area (Å²) in [6.45, 7) is 2.56. The Morgan fingerprint density at radius 3 is 1.81 bits per heavy atom. The average Bonchev–Trinajstić information content (AvgIpc) is 2.95. The fourth-order valence-electron chi connectivity index (χ4n) is 6.97. The Morgan fingerprint density at radius 1 is 0.649 bits per heavy atom. The Balaban J connectivity index is 1.39. The van der Waals surface area contributed by atoms with Crippen LogP contribution in [0.5, 0.6) is 0 Å². The van der Waals surface area contributed by atoms with Crippen molar-refractivity contribution in [1.29, 1.82) is 0 Å². The molecule has 0 bridgehead atoms. The van der Waals surface area contributed by atoms with Crippen LogP contribution in [-0.2, 0) is 9.47 Å². The van der Waals surface area contributed by atoms with Gasteiger partial charge in [-0.15, -0.1) is 0 Å². The maximum absolute atomic E-state index is 15.3. The maximum atomic E-state index is 15.3. The predicted molar refractivity (Wildman–Crippen MR) is 119 cm³/mol. The van der Waals surface area contributed by atoms with Gasteiger partial charge in [0.25, 0.3) is 0 Å². The first-order valence-corrected chi connectivity index (χ1v) is 13.5. The zero-order chi connectivity index (χ0) is 27.1. The molecule has 37 heavy (non-hydrogen) atoms. The zero-order valence-corrected chi connectivity index (χ0v) is 20.9. The summed E-state index contributed by atoms with van der Waals surface area (Å²) >= 11 is 0. The van der Waals surface area contributed by atoms with Gasteiger partial charge in [0.15, 0.2) is 6.17 Å². The Hall–Kier alpha value is -0.710. The maximum Gasteiger partial charge on any atom is 0.364 e. The van der Waals surface area contributed by atoms with Gasteiger partial charge in [0.1, 0.15) is 42.9 Å². The first-order valence-electron chi connectivity index (χ1n) is 13.5. The number of hydrogen-bond donors (Lipinski definition) is 0. The van der Waals surface area contributed by atoms with Gasteiger partial charge in [0.2, 0.25) is 0 Å². The van der Waals surface area contributed by atoms with Crippen LogP contribution in [-0.4, -0.2) is 68.1 Å². The lowest BCUT2D eigenvalue weighted by atomic mass is 9.69. The van der Waals surface area contributed by atoms with E-state index >= 15 is 13.2 Å². The summed E-state index contributed by atoms with van der Waals surface area (Å²) in [4.78, 5) is 0. The van der Waals surface area contributed by atoms with Crippen molar-refractivity contribution >= 4 is 0 Å². The number of alkyl halides is 9. The minimum absolute atomic E-state index is 0.0192. The quantitative estimate of drug-likeness (QED) is 0.262. The smallest absolute Gasteiger partial charge is 0.364 e. The van der Waals surface area contributed by atoms with Crippen molar-refractivity contribution < 1.29 is 49.0 Å². The van der Waals surface area contributed by atoms with Gasteiger partial charge in [0.05, 0.1) is 12.2 Å². The number of ether oxygens (including phenoxy) is 2. The highest BCUT2D eigenvalue weighted by Crippen LogP contribution is 2.49. The minimum atomic E-state index is -4.43. The van der Waals surface area contributed by atoms with Crippen molar-refractivity contribution in [3.8, 4) is 0 Å². The molecule has 216 valence electrons. The van der Waals surface area contributed by atoms with E-state index in [0.717, 1.165) is 6.42 Å². The molecule has 4 fully saturated rings. The zero-order valence-electron chi connectivity index (χ0n) is 20.9. The molecule has 0 amide bonds. The molecule has 2 nitrogen and oxygen atoms in total. The molecule has 4 aliphatic rings. The summed E-state index contributed by atoms with van der Waals surface area (Å²) in [5.41, 5.74) is 0. The van der Waals surface area contributed by atoms with Crippen LogP contribution in [0, 0.1) is 29.6 Å². The predicted octanol–water partition coefficient (Wildman–Crippen LogP) is 7.38. The third kappa shape index (κ3) is 6.55. The second kappa shape index (κ2) is 11.8. The summed E-state index contributed by atoms with van der Waals surface area (Å²) in [6.07, 6.45) is -23.3. The van der Waals surface area contributed by atoms with E-state index in [1.807, 2.05) is 6.92 Å². The van der Waals surface area contributed by atoms with Crippen molar-refractivity contribution in [2.45, 2.75) is 126 Å². The molecule has 0 aromatic heterocycles. The van der Waals surface area contributed by atoms with Crippen LogP contribution in [0.4, 0.5) is 39.5 Å². The number of rotatable bonds is 5. The molecule has 3 saturated carbocycles. The van der Waals surface area contributed by atoms with Crippen LogP contribution < -0.4 is 0 Å². The molecule has 1 saturated heterocycles. The molecule has 0 radical (unpaired) electrons. The van der Waals surface area contributed by atoms with Crippen LogP contribution in [0.25, 0.3) is 0 Å². The van der Waals surface area contributed by atoms with E-state index in [-0.39, 0.29) is 31.3 Å². The molecule has 4 rings (SSSR count). The third-order valence-corrected chi connectivity index (χ3v) is 9.00. The lowest BCUT2D eigenvalue weighted by molar-refractivity contribution is -0.318. The highest BCUT2D eigenvalue weighted by Gasteiger charge is 2.56. The van der Waals surface area contributed by atoms with E-state index in [0.29, 0.717) is 18.9 Å². The molecular formula is C26H37F9O2. The molecule has 1 aliphatic heterocycles. The van der Waals surface area contributed by atoms with Crippen LogP contribution >= 0.6 is 0 Å². The lowest BCUT2D eigenvalue weighted by Gasteiger charge is -2.43. The van der Waals surface area contributed by atoms with Crippen molar-refractivity contribution in [2.24, 2.45) is 29.6 Å². The van der Waals surface area contributed by atoms with Gasteiger partial charge in [-0.3, -0.25) is 0 Å². The molecule has 0 N–H and O–H groups in total. The topological polar surface area (TPSA) is 18.5 Å². The fraction of sp³-hybridized carbons (Fsp3) is 1.00. The first-order chi connectivity index (χ1) is 17.4. The summed E-state index contributed by atoms with van der Waals surface area (Å²) in [5, 5.41) is 0. The number of halogens is 9. The first kappa shape index (κ1) is 29.3. The summed E-state index contributed by atoms with van der Waals surface area (Å²) in [5.74, 6) is -4.78. The van der Waals surface area contributed by atoms with Crippen LogP contribution in [0.3, 0.4) is 0 Å². The molecule has 10 atom stereocenters. The van der Waals surface area contributed by atoms with Gasteiger partial charge < -0.3 is 9.47 Å². The molecule has 10 unspecified atom stereocenters. The van der Waals surface area contributed by atoms with E-state index in [4.69, 9.17) is 4.74 Å². The molecule has 0 spiro atoms. The summed E-state index contributed by atoms with van der Waals surface area (Å²) < 4.78 is 141. The van der Waals surface area contributed by atoms with Crippen molar-refractivity contribution in [2.75, 3.05) is 6.61 Å². The van der Waals surface area contributed by atoms with Gasteiger partial charge >= 0.3 is 6.11 Å². The molecular weight excluding hydrogens is 515 g/mol. The van der Waals surface area contributed by atoms with Crippen molar-refractivity contribution in [3.05, 3.63) is 0 Å². The second-order valence-electron chi connectivity index (χ2n) is 11.8. The SMILES string of the molecule is CC1CCC(C2CC(F)C(C3CCC(F)C(C(F)(F)OC4CC(F)C(F)C(F)C4)C(F)C3)C(F)C2)OC1. The van der Waals surface area contributed by atoms with Crippen LogP contribution in [0.15, 0.2) is 0 Å². The van der Waals surface area contributed by atoms with Gasteiger partial charge in [0, 0.05) is 25.4 Å². The van der Waals surface area contributed by atoms with Crippen LogP contribution in [0.2, 0.25) is 0 Å². The van der Waals surface area contributed by atoms with E-state index in [1.54, 1.807) is 0 Å². The van der Waals surface area contributed by atoms with E-state index in [1.165, 1.54) is 0 Å². The summed E-state index contributed by atoms with van der Waals surface area (Å²) in [6, 6.07) is 0. The van der Waals surface area contributed by atoms with Gasteiger partial charge in [-0.05, 0) is 62.7 Å². The molecule has 0 aromatic carbocycles. The molecule has 0 aromatic rings. The van der Waals surface area contributed by atoms with Gasteiger partial charge in [-0.1, -0.05) is 6.92 Å². The monoisotopic (exact) mass is 552 g/mol. The third-order valence-electron chi connectivity index (χ3n) is 9.00. The minimum Gasteiger partial charge on any atom is -0.378 e. The largest absolute Gasteiger partial charge is 0.378 e. The summed E-state index contributed by atoms with van der Waals surface area (Å²) in [7, 11) is 0. The molecule has 3 aliphatic carbocycles. The fourth-order valence-corrected chi connectivity index (χ4v) is 6.97. The molecule has 1 heterocycles.